The maximum Gasteiger partial charge on any atom is 0.480 e. The summed E-state index contributed by atoms with van der Waals surface area (Å²) in [5, 5.41) is 0. The molecule has 1 aromatic carbocycles. The van der Waals surface area contributed by atoms with Gasteiger partial charge < -0.3 is 4.72 Å². The van der Waals surface area contributed by atoms with Crippen molar-refractivity contribution in [3.8, 4) is 0 Å². The van der Waals surface area contributed by atoms with Crippen LogP contribution < -0.4 is 0 Å². The minimum atomic E-state index is -5.82. The summed E-state index contributed by atoms with van der Waals surface area (Å²) in [6.45, 7) is 3.45. The zero-order valence-corrected chi connectivity index (χ0v) is 11.5. The van der Waals surface area contributed by atoms with Crippen molar-refractivity contribution in [1.82, 2.24) is 0 Å². The Kier molecular flexibility index (Phi) is 4.62. The Balaban J connectivity index is 2.93. The van der Waals surface area contributed by atoms with Crippen molar-refractivity contribution in [1.29, 1.82) is 0 Å². The van der Waals surface area contributed by atoms with Crippen molar-refractivity contribution < 1.29 is 30.0 Å². The van der Waals surface area contributed by atoms with E-state index in [1.807, 2.05) is 0 Å². The van der Waals surface area contributed by atoms with Crippen LogP contribution in [0.4, 0.5) is 13.2 Å². The smallest absolute Gasteiger partial charge is 0.480 e. The summed E-state index contributed by atoms with van der Waals surface area (Å²) in [4.78, 5) is -0.329. The molecule has 0 fully saturated rings. The van der Waals surface area contributed by atoms with Gasteiger partial charge in [-0.3, -0.25) is 0 Å². The van der Waals surface area contributed by atoms with Crippen LogP contribution in [-0.4, -0.2) is 28.2 Å². The van der Waals surface area contributed by atoms with E-state index < -0.39 is 31.2 Å². The van der Waals surface area contributed by atoms with E-state index in [-0.39, 0.29) is 4.90 Å². The molecule has 10 heteroatoms. The number of sulfonamides is 1. The molecular weight excluding hydrogens is 319 g/mol. The third kappa shape index (κ3) is 3.81. The molecule has 1 rings (SSSR count). The van der Waals surface area contributed by atoms with Gasteiger partial charge in [0.1, 0.15) is 0 Å². The lowest BCUT2D eigenvalue weighted by atomic mass is 10.2. The van der Waals surface area contributed by atoms with E-state index in [4.69, 9.17) is 0 Å². The normalized spacial score (nSPS) is 13.2. The maximum absolute atomic E-state index is 12.0. The molecule has 0 N–H and O–H groups in total. The maximum atomic E-state index is 12.0. The van der Waals surface area contributed by atoms with Crippen LogP contribution >= 0.6 is 0 Å². The highest BCUT2D eigenvalue weighted by atomic mass is 32.2. The first kappa shape index (κ1) is 16.7. The van der Waals surface area contributed by atoms with Crippen LogP contribution in [0.25, 0.3) is 10.8 Å². The second kappa shape index (κ2) is 5.54. The molecule has 0 aliphatic rings. The number of hydrogen-bond acceptors (Lipinski definition) is 4. The minimum Gasteiger partial charge on any atom is -0.528 e. The molecule has 0 spiro atoms. The average Bonchev–Trinajstić information content (AvgIpc) is 2.35. The molecule has 0 radical (unpaired) electrons. The van der Waals surface area contributed by atoms with Crippen molar-refractivity contribution in [3.63, 3.8) is 0 Å². The van der Waals surface area contributed by atoms with E-state index >= 15 is 0 Å². The highest BCUT2D eigenvalue weighted by molar-refractivity contribution is 7.97. The summed E-state index contributed by atoms with van der Waals surface area (Å²) in [5.74, 6) is -1.50. The second-order valence-corrected chi connectivity index (χ2v) is 7.20. The molecule has 20 heavy (non-hydrogen) atoms. The quantitative estimate of drug-likeness (QED) is 0.830. The predicted octanol–water partition coefficient (Wildman–Crippen LogP) is 2.28. The Morgan fingerprint density at radius 1 is 1.10 bits per heavy atom. The van der Waals surface area contributed by atoms with Crippen LogP contribution in [0.3, 0.4) is 0 Å². The lowest BCUT2D eigenvalue weighted by Gasteiger charge is -2.21. The van der Waals surface area contributed by atoms with Crippen LogP contribution in [0.2, 0.25) is 0 Å². The molecular formula is C10H9F3NO4S2-. The number of alkyl halides is 3. The van der Waals surface area contributed by atoms with Gasteiger partial charge in [-0.25, -0.2) is 16.8 Å². The molecule has 0 aliphatic heterocycles. The van der Waals surface area contributed by atoms with Crippen molar-refractivity contribution in [3.05, 3.63) is 41.1 Å². The lowest BCUT2D eigenvalue weighted by molar-refractivity contribution is -0.0426. The zero-order valence-electron chi connectivity index (χ0n) is 9.83. The van der Waals surface area contributed by atoms with E-state index in [0.717, 1.165) is 12.1 Å². The summed E-state index contributed by atoms with van der Waals surface area (Å²) < 4.78 is 83.0. The first-order valence-corrected chi connectivity index (χ1v) is 8.04. The highest BCUT2D eigenvalue weighted by Gasteiger charge is 2.39. The molecule has 1 aromatic rings. The average molecular weight is 328 g/mol. The van der Waals surface area contributed by atoms with Crippen LogP contribution in [0.15, 0.2) is 35.7 Å². The van der Waals surface area contributed by atoms with Crippen LogP contribution in [0.5, 0.6) is 0 Å². The van der Waals surface area contributed by atoms with E-state index in [0.29, 0.717) is 5.56 Å². The van der Waals surface area contributed by atoms with Gasteiger partial charge in [-0.05, 0) is 23.6 Å². The highest BCUT2D eigenvalue weighted by Crippen LogP contribution is 2.29. The van der Waals surface area contributed by atoms with E-state index in [1.165, 1.54) is 18.2 Å². The van der Waals surface area contributed by atoms with Gasteiger partial charge in [-0.15, -0.1) is 0 Å². The topological polar surface area (TPSA) is 82.4 Å². The first-order chi connectivity index (χ1) is 8.99. The molecule has 0 bridgehead atoms. The summed E-state index contributed by atoms with van der Waals surface area (Å²) >= 11 is 0. The van der Waals surface area contributed by atoms with E-state index in [1.54, 1.807) is 0 Å². The molecule has 0 amide bonds. The lowest BCUT2D eigenvalue weighted by Crippen LogP contribution is -2.24. The zero-order chi connectivity index (χ0) is 15.6. The van der Waals surface area contributed by atoms with Gasteiger partial charge in [-0.1, -0.05) is 24.8 Å². The van der Waals surface area contributed by atoms with Crippen molar-refractivity contribution in [2.24, 2.45) is 0 Å². The largest absolute Gasteiger partial charge is 0.528 e. The number of sulfone groups is 1. The Hall–Kier alpha value is -1.39. The summed E-state index contributed by atoms with van der Waals surface area (Å²) in [6, 6.07) is 5.00. The molecule has 0 saturated heterocycles. The van der Waals surface area contributed by atoms with Crippen LogP contribution in [-0.2, 0) is 19.9 Å². The second-order valence-electron chi connectivity index (χ2n) is 3.57. The SMILES string of the molecule is C=Cc1ccc(S(=O)(=O)C[N-]S(=O)(=O)C(F)(F)F)cc1. The number of rotatable bonds is 5. The fraction of sp³-hybridized carbons (Fsp3) is 0.200. The first-order valence-electron chi connectivity index (χ1n) is 4.95. The number of benzene rings is 1. The van der Waals surface area contributed by atoms with Gasteiger partial charge in [0.2, 0.25) is 0 Å². The standard InChI is InChI=1S/C10H9F3NO4S2/c1-2-8-3-5-9(6-4-8)19(15,16)7-14-20(17,18)10(11,12)13/h2-6H,1,7H2/q-1. The summed E-state index contributed by atoms with van der Waals surface area (Å²) in [6.07, 6.45) is 1.44. The summed E-state index contributed by atoms with van der Waals surface area (Å²) in [7, 11) is -10.1. The van der Waals surface area contributed by atoms with E-state index in [2.05, 4.69) is 11.3 Å². The molecule has 112 valence electrons. The molecule has 0 atom stereocenters. The van der Waals surface area contributed by atoms with Crippen LogP contribution in [0, 0.1) is 0 Å². The minimum absolute atomic E-state index is 0.329. The number of hydrogen-bond donors (Lipinski definition) is 0. The fourth-order valence-electron chi connectivity index (χ4n) is 1.10. The Morgan fingerprint density at radius 2 is 1.60 bits per heavy atom. The van der Waals surface area contributed by atoms with Crippen molar-refractivity contribution in [2.45, 2.75) is 10.4 Å². The van der Waals surface area contributed by atoms with E-state index in [9.17, 15) is 30.0 Å². The van der Waals surface area contributed by atoms with Gasteiger partial charge in [-0.2, -0.15) is 13.2 Å². The predicted molar refractivity (Wildman–Crippen MR) is 66.9 cm³/mol. The molecule has 0 heterocycles. The molecule has 0 aliphatic carbocycles. The van der Waals surface area contributed by atoms with Gasteiger partial charge in [0.05, 0.1) is 4.90 Å². The van der Waals surface area contributed by atoms with Gasteiger partial charge in [0.15, 0.2) is 19.9 Å². The Morgan fingerprint density at radius 3 is 2.00 bits per heavy atom. The third-order valence-electron chi connectivity index (χ3n) is 2.16. The monoisotopic (exact) mass is 328 g/mol. The Bertz CT molecular complexity index is 691. The fourth-order valence-corrected chi connectivity index (χ4v) is 3.05. The van der Waals surface area contributed by atoms with Crippen molar-refractivity contribution >= 4 is 25.9 Å². The van der Waals surface area contributed by atoms with Gasteiger partial charge in [0.25, 0.3) is 0 Å². The van der Waals surface area contributed by atoms with Crippen LogP contribution in [0.1, 0.15) is 5.56 Å². The third-order valence-corrected chi connectivity index (χ3v) is 4.84. The Labute approximate surface area is 114 Å². The molecule has 0 saturated carbocycles. The van der Waals surface area contributed by atoms with Gasteiger partial charge >= 0.3 is 5.51 Å². The van der Waals surface area contributed by atoms with Crippen molar-refractivity contribution in [2.75, 3.05) is 5.88 Å². The number of halogens is 3. The molecule has 0 unspecified atom stereocenters. The molecule has 0 aromatic heterocycles. The summed E-state index contributed by atoms with van der Waals surface area (Å²) in [5.41, 5.74) is -5.02. The van der Waals surface area contributed by atoms with Gasteiger partial charge in [0, 0.05) is 0 Å². The number of nitrogens with zero attached hydrogens (tertiary/aromatic N) is 1. The molecule has 5 nitrogen and oxygen atoms in total.